The largest absolute Gasteiger partial charge is 0.368 e. The summed E-state index contributed by atoms with van der Waals surface area (Å²) in [5, 5.41) is 4.88. The van der Waals surface area contributed by atoms with Gasteiger partial charge in [0.2, 0.25) is 0 Å². The molecule has 1 aliphatic heterocycles. The number of hydrogen-bond acceptors (Lipinski definition) is 5. The number of morpholine rings is 1. The molecule has 0 aliphatic carbocycles. The van der Waals surface area contributed by atoms with Crippen LogP contribution in [0.3, 0.4) is 0 Å². The van der Waals surface area contributed by atoms with Crippen LogP contribution in [0.2, 0.25) is 5.02 Å². The van der Waals surface area contributed by atoms with E-state index in [1.54, 1.807) is 11.3 Å². The summed E-state index contributed by atoms with van der Waals surface area (Å²) in [6.07, 6.45) is 3.72. The lowest BCUT2D eigenvalue weighted by Crippen LogP contribution is -2.37. The average Bonchev–Trinajstić information content (AvgIpc) is 3.09. The number of fused-ring (bicyclic) bond motifs is 1. The third-order valence-corrected chi connectivity index (χ3v) is 5.11. The maximum absolute atomic E-state index is 6.27. The van der Waals surface area contributed by atoms with Gasteiger partial charge in [0.25, 0.3) is 0 Å². The molecule has 0 spiro atoms. The lowest BCUT2D eigenvalue weighted by Gasteiger charge is -2.32. The molecule has 0 radical (unpaired) electrons. The van der Waals surface area contributed by atoms with E-state index < -0.39 is 0 Å². The molecule has 1 aliphatic rings. The molecule has 118 valence electrons. The van der Waals surface area contributed by atoms with Gasteiger partial charge in [0.05, 0.1) is 12.1 Å². The van der Waals surface area contributed by atoms with Gasteiger partial charge in [-0.2, -0.15) is 0 Å². The first-order valence-corrected chi connectivity index (χ1v) is 8.82. The number of hydrogen-bond donors (Lipinski definition) is 0. The van der Waals surface area contributed by atoms with Crippen LogP contribution in [-0.4, -0.2) is 34.6 Å². The average molecular weight is 346 g/mol. The van der Waals surface area contributed by atoms with Gasteiger partial charge < -0.3 is 4.74 Å². The van der Waals surface area contributed by atoms with E-state index in [0.717, 1.165) is 52.7 Å². The molecule has 0 saturated carbocycles. The van der Waals surface area contributed by atoms with Crippen LogP contribution in [0.15, 0.2) is 42.0 Å². The van der Waals surface area contributed by atoms with Crippen molar-refractivity contribution < 1.29 is 4.74 Å². The van der Waals surface area contributed by atoms with Crippen molar-refractivity contribution in [1.82, 2.24) is 14.9 Å². The van der Waals surface area contributed by atoms with Gasteiger partial charge in [0.1, 0.15) is 11.1 Å². The van der Waals surface area contributed by atoms with E-state index in [1.165, 1.54) is 0 Å². The van der Waals surface area contributed by atoms with Gasteiger partial charge in [0.15, 0.2) is 0 Å². The summed E-state index contributed by atoms with van der Waals surface area (Å²) in [4.78, 5) is 11.3. The third kappa shape index (κ3) is 3.23. The van der Waals surface area contributed by atoms with Gasteiger partial charge in [-0.15, -0.1) is 11.3 Å². The van der Waals surface area contributed by atoms with Crippen molar-refractivity contribution >= 4 is 33.8 Å². The number of thiazole rings is 1. The molecule has 4 nitrogen and oxygen atoms in total. The first-order valence-electron chi connectivity index (χ1n) is 7.56. The van der Waals surface area contributed by atoms with Crippen molar-refractivity contribution in [1.29, 1.82) is 0 Å². The van der Waals surface area contributed by atoms with E-state index in [2.05, 4.69) is 20.9 Å². The molecule has 2 aromatic heterocycles. The van der Waals surface area contributed by atoms with E-state index in [9.17, 15) is 0 Å². The maximum atomic E-state index is 6.27. The van der Waals surface area contributed by atoms with Crippen LogP contribution in [0.25, 0.3) is 10.9 Å². The molecule has 0 amide bonds. The summed E-state index contributed by atoms with van der Waals surface area (Å²) >= 11 is 7.92. The van der Waals surface area contributed by atoms with Gasteiger partial charge in [-0.05, 0) is 23.8 Å². The highest BCUT2D eigenvalue weighted by Gasteiger charge is 2.24. The normalized spacial score (nSPS) is 19.3. The molecule has 1 atom stereocenters. The third-order valence-electron chi connectivity index (χ3n) is 4.02. The van der Waals surface area contributed by atoms with Crippen molar-refractivity contribution in [2.24, 2.45) is 0 Å². The molecule has 3 aromatic rings. The summed E-state index contributed by atoms with van der Waals surface area (Å²) in [7, 11) is 0. The number of halogens is 1. The fourth-order valence-corrected chi connectivity index (χ4v) is 3.90. The van der Waals surface area contributed by atoms with Gasteiger partial charge in [-0.3, -0.25) is 9.88 Å². The Labute approximate surface area is 143 Å². The summed E-state index contributed by atoms with van der Waals surface area (Å²) in [6, 6.07) is 7.97. The fourth-order valence-electron chi connectivity index (χ4n) is 2.98. The van der Waals surface area contributed by atoms with Crippen molar-refractivity contribution in [2.45, 2.75) is 12.6 Å². The van der Waals surface area contributed by atoms with E-state index in [4.69, 9.17) is 16.3 Å². The zero-order chi connectivity index (χ0) is 15.6. The van der Waals surface area contributed by atoms with Gasteiger partial charge in [0, 0.05) is 47.8 Å². The van der Waals surface area contributed by atoms with Crippen LogP contribution in [0.4, 0.5) is 0 Å². The lowest BCUT2D eigenvalue weighted by atomic mass is 10.1. The molecule has 1 aromatic carbocycles. The monoisotopic (exact) mass is 345 g/mol. The molecule has 0 N–H and O–H groups in total. The molecule has 4 rings (SSSR count). The summed E-state index contributed by atoms with van der Waals surface area (Å²) in [6.45, 7) is 3.28. The van der Waals surface area contributed by atoms with Gasteiger partial charge >= 0.3 is 0 Å². The molecule has 1 unspecified atom stereocenters. The van der Waals surface area contributed by atoms with E-state index in [1.807, 2.05) is 36.0 Å². The van der Waals surface area contributed by atoms with Crippen LogP contribution in [0, 0.1) is 0 Å². The minimum Gasteiger partial charge on any atom is -0.368 e. The zero-order valence-corrected chi connectivity index (χ0v) is 14.1. The van der Waals surface area contributed by atoms with Gasteiger partial charge in [-0.1, -0.05) is 17.7 Å². The number of benzene rings is 1. The van der Waals surface area contributed by atoms with Crippen LogP contribution >= 0.6 is 22.9 Å². The molecule has 23 heavy (non-hydrogen) atoms. The Kier molecular flexibility index (Phi) is 4.27. The lowest BCUT2D eigenvalue weighted by molar-refractivity contribution is -0.0328. The molecule has 1 fully saturated rings. The number of aromatic nitrogens is 2. The summed E-state index contributed by atoms with van der Waals surface area (Å²) in [5.41, 5.74) is 2.18. The van der Waals surface area contributed by atoms with Crippen molar-refractivity contribution in [2.75, 3.05) is 19.7 Å². The second kappa shape index (κ2) is 6.53. The highest BCUT2D eigenvalue weighted by atomic mass is 35.5. The Morgan fingerprint density at radius 3 is 3.13 bits per heavy atom. The SMILES string of the molecule is Clc1cc(CN2CCOC(c3nccs3)C2)c2ncccc2c1. The highest BCUT2D eigenvalue weighted by molar-refractivity contribution is 7.09. The van der Waals surface area contributed by atoms with Crippen molar-refractivity contribution in [3.8, 4) is 0 Å². The fraction of sp³-hybridized carbons (Fsp3) is 0.294. The summed E-state index contributed by atoms with van der Waals surface area (Å²) in [5.74, 6) is 0. The smallest absolute Gasteiger partial charge is 0.123 e. The predicted molar refractivity (Wildman–Crippen MR) is 92.8 cm³/mol. The van der Waals surface area contributed by atoms with Gasteiger partial charge in [-0.25, -0.2) is 4.98 Å². The van der Waals surface area contributed by atoms with Crippen LogP contribution in [-0.2, 0) is 11.3 Å². The molecule has 0 bridgehead atoms. The van der Waals surface area contributed by atoms with Crippen LogP contribution in [0.5, 0.6) is 0 Å². The Balaban J connectivity index is 1.58. The standard InChI is InChI=1S/C17H16ClN3OS/c18-14-8-12-2-1-3-19-16(12)13(9-14)10-21-5-6-22-15(11-21)17-20-4-7-23-17/h1-4,7-9,15H,5-6,10-11H2. The quantitative estimate of drug-likeness (QED) is 0.721. The maximum Gasteiger partial charge on any atom is 0.123 e. The number of ether oxygens (including phenoxy) is 1. The number of rotatable bonds is 3. The minimum atomic E-state index is 0.0576. The van der Waals surface area contributed by atoms with E-state index >= 15 is 0 Å². The van der Waals surface area contributed by atoms with E-state index in [-0.39, 0.29) is 6.10 Å². The number of nitrogens with zero attached hydrogens (tertiary/aromatic N) is 3. The highest BCUT2D eigenvalue weighted by Crippen LogP contribution is 2.27. The Morgan fingerprint density at radius 1 is 1.30 bits per heavy atom. The second-order valence-electron chi connectivity index (χ2n) is 5.60. The Morgan fingerprint density at radius 2 is 2.26 bits per heavy atom. The predicted octanol–water partition coefficient (Wildman–Crippen LogP) is 3.92. The first-order chi connectivity index (χ1) is 11.3. The second-order valence-corrected chi connectivity index (χ2v) is 6.97. The Hall–Kier alpha value is -1.53. The van der Waals surface area contributed by atoms with E-state index in [0.29, 0.717) is 0 Å². The first kappa shape index (κ1) is 15.0. The van der Waals surface area contributed by atoms with Crippen molar-refractivity contribution in [3.63, 3.8) is 0 Å². The Bertz CT molecular complexity index is 809. The molecule has 3 heterocycles. The van der Waals surface area contributed by atoms with Crippen molar-refractivity contribution in [3.05, 3.63) is 57.6 Å². The van der Waals surface area contributed by atoms with Crippen LogP contribution in [0.1, 0.15) is 16.7 Å². The minimum absolute atomic E-state index is 0.0576. The molecular weight excluding hydrogens is 330 g/mol. The molecular formula is C17H16ClN3OS. The zero-order valence-electron chi connectivity index (χ0n) is 12.5. The topological polar surface area (TPSA) is 38.2 Å². The van der Waals surface area contributed by atoms with Crippen LogP contribution < -0.4 is 0 Å². The number of pyridine rings is 1. The molecule has 6 heteroatoms. The summed E-state index contributed by atoms with van der Waals surface area (Å²) < 4.78 is 5.87. The molecule has 1 saturated heterocycles.